The van der Waals surface area contributed by atoms with E-state index in [9.17, 15) is 14.4 Å². The van der Waals surface area contributed by atoms with E-state index in [1.54, 1.807) is 13.0 Å². The fourth-order valence-electron chi connectivity index (χ4n) is 4.01. The molecule has 1 aliphatic carbocycles. The third-order valence-electron chi connectivity index (χ3n) is 5.75. The van der Waals surface area contributed by atoms with Crippen LogP contribution in [-0.2, 0) is 27.2 Å². The van der Waals surface area contributed by atoms with Gasteiger partial charge in [-0.2, -0.15) is 0 Å². The van der Waals surface area contributed by atoms with E-state index < -0.39 is 0 Å². The molecule has 33 heavy (non-hydrogen) atoms. The molecule has 1 aromatic carbocycles. The molecule has 0 aliphatic heterocycles. The van der Waals surface area contributed by atoms with Gasteiger partial charge in [0.15, 0.2) is 0 Å². The maximum atomic E-state index is 12.8. The van der Waals surface area contributed by atoms with E-state index in [0.717, 1.165) is 29.7 Å². The van der Waals surface area contributed by atoms with Crippen molar-refractivity contribution in [3.05, 3.63) is 40.3 Å². The lowest BCUT2D eigenvalue weighted by molar-refractivity contribution is -0.114. The van der Waals surface area contributed by atoms with Gasteiger partial charge in [0, 0.05) is 22.4 Å². The first-order chi connectivity index (χ1) is 15.6. The monoisotopic (exact) mass is 488 g/mol. The van der Waals surface area contributed by atoms with E-state index in [2.05, 4.69) is 31.4 Å². The summed E-state index contributed by atoms with van der Waals surface area (Å²) < 4.78 is 5.32. The standard InChI is InChI=1S/C25H32N2O4S2/c1-6-31-24(30)22-19-11-10-16(25(3,4)5)12-20(19)33-23(22)27-21(29)14-32-18-9-7-8-17(13-18)26-15(2)28/h7-9,13,16H,6,10-12,14H2,1-5H3,(H,26,28)(H,27,29). The van der Waals surface area contributed by atoms with Gasteiger partial charge in [-0.3, -0.25) is 9.59 Å². The summed E-state index contributed by atoms with van der Waals surface area (Å²) in [6, 6.07) is 7.37. The summed E-state index contributed by atoms with van der Waals surface area (Å²) in [5.74, 6) is 0.0426. The Bertz CT molecular complexity index is 1040. The number of amides is 2. The fraction of sp³-hybridized carbons (Fsp3) is 0.480. The Labute approximate surface area is 203 Å². The highest BCUT2D eigenvalue weighted by molar-refractivity contribution is 8.00. The number of anilines is 2. The van der Waals surface area contributed by atoms with Crippen LogP contribution < -0.4 is 10.6 Å². The molecule has 3 rings (SSSR count). The van der Waals surface area contributed by atoms with Crippen LogP contribution in [0.5, 0.6) is 0 Å². The van der Waals surface area contributed by atoms with E-state index in [-0.39, 0.29) is 29.0 Å². The van der Waals surface area contributed by atoms with Crippen LogP contribution in [0.15, 0.2) is 29.2 Å². The fourth-order valence-corrected chi connectivity index (χ4v) is 6.10. The van der Waals surface area contributed by atoms with Gasteiger partial charge in [-0.15, -0.1) is 23.1 Å². The van der Waals surface area contributed by atoms with Crippen molar-refractivity contribution in [3.8, 4) is 0 Å². The van der Waals surface area contributed by atoms with Gasteiger partial charge >= 0.3 is 5.97 Å². The second-order valence-electron chi connectivity index (χ2n) is 9.28. The SMILES string of the molecule is CCOC(=O)c1c(NC(=O)CSc2cccc(NC(C)=O)c2)sc2c1CCC(C(C)(C)C)C2. The number of thiophene rings is 1. The molecule has 1 atom stereocenters. The van der Waals surface area contributed by atoms with Crippen molar-refractivity contribution in [3.63, 3.8) is 0 Å². The number of thioether (sulfide) groups is 1. The molecule has 0 bridgehead atoms. The molecule has 2 amide bonds. The summed E-state index contributed by atoms with van der Waals surface area (Å²) in [6.45, 7) is 10.3. The average Bonchev–Trinajstić information content (AvgIpc) is 3.08. The van der Waals surface area contributed by atoms with Crippen molar-refractivity contribution < 1.29 is 19.1 Å². The molecule has 2 N–H and O–H groups in total. The smallest absolute Gasteiger partial charge is 0.341 e. The quantitative estimate of drug-likeness (QED) is 0.382. The molecule has 0 fully saturated rings. The lowest BCUT2D eigenvalue weighted by Gasteiger charge is -2.33. The Hall–Kier alpha value is -2.32. The normalized spacial score (nSPS) is 15.5. The van der Waals surface area contributed by atoms with Crippen molar-refractivity contribution in [2.45, 2.75) is 58.8 Å². The Balaban J connectivity index is 1.74. The summed E-state index contributed by atoms with van der Waals surface area (Å²) in [5, 5.41) is 6.30. The highest BCUT2D eigenvalue weighted by Crippen LogP contribution is 2.44. The van der Waals surface area contributed by atoms with Gasteiger partial charge in [-0.05, 0) is 61.3 Å². The number of ether oxygens (including phenoxy) is 1. The lowest BCUT2D eigenvalue weighted by atomic mass is 9.72. The zero-order valence-electron chi connectivity index (χ0n) is 19.9. The number of rotatable bonds is 7. The van der Waals surface area contributed by atoms with E-state index >= 15 is 0 Å². The summed E-state index contributed by atoms with van der Waals surface area (Å²) in [5.41, 5.74) is 2.44. The number of benzene rings is 1. The maximum absolute atomic E-state index is 12.8. The Kier molecular flexibility index (Phi) is 8.23. The number of esters is 1. The summed E-state index contributed by atoms with van der Waals surface area (Å²) in [6.07, 6.45) is 2.76. The van der Waals surface area contributed by atoms with Gasteiger partial charge in [0.05, 0.1) is 17.9 Å². The predicted octanol–water partition coefficient (Wildman–Crippen LogP) is 5.77. The van der Waals surface area contributed by atoms with Crippen LogP contribution in [0.25, 0.3) is 0 Å². The van der Waals surface area contributed by atoms with Crippen LogP contribution >= 0.6 is 23.1 Å². The molecule has 2 aromatic rings. The van der Waals surface area contributed by atoms with Crippen LogP contribution in [-0.4, -0.2) is 30.1 Å². The van der Waals surface area contributed by atoms with Gasteiger partial charge in [-0.25, -0.2) is 4.79 Å². The molecular weight excluding hydrogens is 456 g/mol. The third-order valence-corrected chi connectivity index (χ3v) is 7.91. The number of hydrogen-bond donors (Lipinski definition) is 2. The van der Waals surface area contributed by atoms with Crippen LogP contribution in [0, 0.1) is 11.3 Å². The highest BCUT2D eigenvalue weighted by Gasteiger charge is 2.34. The third kappa shape index (κ3) is 6.60. The molecule has 0 spiro atoms. The largest absolute Gasteiger partial charge is 0.462 e. The van der Waals surface area contributed by atoms with Gasteiger partial charge in [0.25, 0.3) is 0 Å². The van der Waals surface area contributed by atoms with Crippen LogP contribution in [0.1, 0.15) is 61.8 Å². The first-order valence-corrected chi connectivity index (χ1v) is 13.0. The van der Waals surface area contributed by atoms with Crippen molar-refractivity contribution in [2.75, 3.05) is 23.0 Å². The van der Waals surface area contributed by atoms with Crippen LogP contribution in [0.2, 0.25) is 0 Å². The minimum absolute atomic E-state index is 0.142. The minimum Gasteiger partial charge on any atom is -0.462 e. The molecule has 1 aromatic heterocycles. The second-order valence-corrected chi connectivity index (χ2v) is 11.4. The van der Waals surface area contributed by atoms with Gasteiger partial charge in [0.1, 0.15) is 5.00 Å². The number of carbonyl (C=O) groups is 3. The predicted molar refractivity (Wildman–Crippen MR) is 135 cm³/mol. The number of nitrogens with one attached hydrogen (secondary N) is 2. The topological polar surface area (TPSA) is 84.5 Å². The van der Waals surface area contributed by atoms with Crippen molar-refractivity contribution in [1.29, 1.82) is 0 Å². The first-order valence-electron chi connectivity index (χ1n) is 11.2. The van der Waals surface area contributed by atoms with Crippen molar-refractivity contribution >= 4 is 51.6 Å². The lowest BCUT2D eigenvalue weighted by Crippen LogP contribution is -2.26. The minimum atomic E-state index is -0.366. The summed E-state index contributed by atoms with van der Waals surface area (Å²) >= 11 is 2.88. The Morgan fingerprint density at radius 2 is 1.97 bits per heavy atom. The number of carbonyl (C=O) groups excluding carboxylic acids is 3. The molecule has 6 nitrogen and oxygen atoms in total. The summed E-state index contributed by atoms with van der Waals surface area (Å²) in [7, 11) is 0. The Morgan fingerprint density at radius 3 is 2.64 bits per heavy atom. The molecule has 0 saturated carbocycles. The Morgan fingerprint density at radius 1 is 1.21 bits per heavy atom. The van der Waals surface area contributed by atoms with E-state index in [4.69, 9.17) is 4.74 Å². The zero-order chi connectivity index (χ0) is 24.2. The van der Waals surface area contributed by atoms with E-state index in [1.165, 1.54) is 34.9 Å². The van der Waals surface area contributed by atoms with Crippen molar-refractivity contribution in [1.82, 2.24) is 0 Å². The molecule has 0 radical (unpaired) electrons. The van der Waals surface area contributed by atoms with Crippen molar-refractivity contribution in [2.24, 2.45) is 11.3 Å². The van der Waals surface area contributed by atoms with Gasteiger partial charge < -0.3 is 15.4 Å². The molecule has 1 heterocycles. The van der Waals surface area contributed by atoms with Crippen LogP contribution in [0.4, 0.5) is 10.7 Å². The summed E-state index contributed by atoms with van der Waals surface area (Å²) in [4.78, 5) is 38.8. The van der Waals surface area contributed by atoms with Gasteiger partial charge in [0.2, 0.25) is 11.8 Å². The number of fused-ring (bicyclic) bond motifs is 1. The molecule has 8 heteroatoms. The van der Waals surface area contributed by atoms with E-state index in [1.807, 2.05) is 18.2 Å². The van der Waals surface area contributed by atoms with E-state index in [0.29, 0.717) is 28.8 Å². The molecule has 1 aliphatic rings. The first kappa shape index (κ1) is 25.3. The molecular formula is C25H32N2O4S2. The second kappa shape index (κ2) is 10.7. The zero-order valence-corrected chi connectivity index (χ0v) is 21.5. The van der Waals surface area contributed by atoms with Crippen LogP contribution in [0.3, 0.4) is 0 Å². The molecule has 1 unspecified atom stereocenters. The maximum Gasteiger partial charge on any atom is 0.341 e. The highest BCUT2D eigenvalue weighted by atomic mass is 32.2. The van der Waals surface area contributed by atoms with Gasteiger partial charge in [-0.1, -0.05) is 26.8 Å². The average molecular weight is 489 g/mol. The number of hydrogen-bond acceptors (Lipinski definition) is 6. The molecule has 0 saturated heterocycles. The molecule has 178 valence electrons.